The highest BCUT2D eigenvalue weighted by Crippen LogP contribution is 2.48. The van der Waals surface area contributed by atoms with Gasteiger partial charge in [0.1, 0.15) is 29.5 Å². The largest absolute Gasteiger partial charge is 0.497 e. The lowest BCUT2D eigenvalue weighted by Gasteiger charge is -2.34. The van der Waals surface area contributed by atoms with Gasteiger partial charge in [-0.2, -0.15) is 13.2 Å². The topological polar surface area (TPSA) is 195 Å². The zero-order valence-corrected chi connectivity index (χ0v) is 40.5. The summed E-state index contributed by atoms with van der Waals surface area (Å²) in [5.74, 6) is -3.02. The average molecular weight is 983 g/mol. The second-order valence-corrected chi connectivity index (χ2v) is 22.2. The van der Waals surface area contributed by atoms with Crippen LogP contribution in [-0.4, -0.2) is 122 Å². The Labute approximate surface area is 400 Å². The number of anilines is 1. The Morgan fingerprint density at radius 2 is 1.71 bits per heavy atom. The van der Waals surface area contributed by atoms with E-state index in [9.17, 15) is 36.0 Å². The van der Waals surface area contributed by atoms with E-state index in [2.05, 4.69) is 20.3 Å². The first-order valence-electron chi connectivity index (χ1n) is 23.5. The number of carbonyl (C=O) groups excluding carboxylic acids is 4. The number of rotatable bonds is 10. The Bertz CT molecular complexity index is 2600. The van der Waals surface area contributed by atoms with E-state index in [1.54, 1.807) is 39.2 Å². The summed E-state index contributed by atoms with van der Waals surface area (Å²) >= 11 is 0. The van der Waals surface area contributed by atoms with Gasteiger partial charge in [-0.25, -0.2) is 18.2 Å². The number of hydrogen-bond acceptors (Lipinski definition) is 12. The van der Waals surface area contributed by atoms with Gasteiger partial charge in [0.2, 0.25) is 33.3 Å². The molecule has 3 aliphatic heterocycles. The number of ether oxygens (including phenoxy) is 4. The van der Waals surface area contributed by atoms with E-state index < -0.39 is 85.9 Å². The SMILES string of the molecule is COc1ccc2c(O[C@@H]3C[C@H]4C(=O)N[C@]5(C(=O)NS(=O)(=O)C6(C)CC6)CC5/C=C\CC[C@H](C)C[C@@H](C)[C@H](NC(=O)OC(C)(C)C(F)(F)F)C(=O)N4C3)nc(-c3ccc(N4CCOCC4)cc3)cc2c1. The molecule has 2 saturated heterocycles. The number of allylic oxidation sites excluding steroid dienone is 1. The highest BCUT2D eigenvalue weighted by Gasteiger charge is 2.63. The van der Waals surface area contributed by atoms with Crippen LogP contribution in [0.5, 0.6) is 11.6 Å². The van der Waals surface area contributed by atoms with Crippen molar-refractivity contribution < 1.29 is 59.7 Å². The highest BCUT2D eigenvalue weighted by atomic mass is 32.2. The van der Waals surface area contributed by atoms with E-state index in [0.717, 1.165) is 29.7 Å². The Hall–Kier alpha value is -5.63. The van der Waals surface area contributed by atoms with Gasteiger partial charge in [0.05, 0.1) is 37.3 Å². The molecule has 4 amide bonds. The van der Waals surface area contributed by atoms with Crippen molar-refractivity contribution in [3.05, 3.63) is 60.7 Å². The molecule has 7 atom stereocenters. The molecule has 1 unspecified atom stereocenters. The number of pyridine rings is 1. The van der Waals surface area contributed by atoms with E-state index >= 15 is 4.79 Å². The molecule has 16 nitrogen and oxygen atoms in total. The molecule has 4 heterocycles. The summed E-state index contributed by atoms with van der Waals surface area (Å²) in [4.78, 5) is 65.8. The number of aromatic nitrogens is 1. The van der Waals surface area contributed by atoms with E-state index in [1.807, 2.05) is 49.4 Å². The number of halogens is 3. The zero-order chi connectivity index (χ0) is 49.7. The molecule has 0 spiro atoms. The Kier molecular flexibility index (Phi) is 13.7. The number of amides is 4. The molecule has 2 saturated carbocycles. The fourth-order valence-corrected chi connectivity index (χ4v) is 10.7. The molecule has 1 aromatic heterocycles. The first kappa shape index (κ1) is 49.8. The number of carbonyl (C=O) groups is 4. The average Bonchev–Trinajstić information content (AvgIpc) is 4.19. The molecule has 0 bridgehead atoms. The van der Waals surface area contributed by atoms with Crippen LogP contribution in [0.4, 0.5) is 23.7 Å². The van der Waals surface area contributed by atoms with Gasteiger partial charge in [-0.05, 0) is 113 Å². The fourth-order valence-electron chi connectivity index (χ4n) is 9.43. The molecule has 2 aromatic carbocycles. The monoisotopic (exact) mass is 982 g/mol. The number of nitrogens with zero attached hydrogens (tertiary/aromatic N) is 3. The lowest BCUT2D eigenvalue weighted by molar-refractivity contribution is -0.244. The van der Waals surface area contributed by atoms with Gasteiger partial charge in [-0.1, -0.05) is 38.1 Å². The Morgan fingerprint density at radius 1 is 1.00 bits per heavy atom. The van der Waals surface area contributed by atoms with Crippen molar-refractivity contribution >= 4 is 50.3 Å². The lowest BCUT2D eigenvalue weighted by Crippen LogP contribution is -2.59. The van der Waals surface area contributed by atoms with E-state index in [1.165, 1.54) is 4.90 Å². The minimum Gasteiger partial charge on any atom is -0.497 e. The summed E-state index contributed by atoms with van der Waals surface area (Å²) in [7, 11) is -2.56. The molecule has 0 radical (unpaired) electrons. The maximum Gasteiger partial charge on any atom is 0.427 e. The van der Waals surface area contributed by atoms with Gasteiger partial charge >= 0.3 is 12.3 Å². The van der Waals surface area contributed by atoms with Crippen molar-refractivity contribution in [2.75, 3.05) is 44.9 Å². The predicted octanol–water partition coefficient (Wildman–Crippen LogP) is 6.42. The predicted molar refractivity (Wildman–Crippen MR) is 250 cm³/mol. The number of alkyl halides is 3. The Balaban J connectivity index is 1.15. The van der Waals surface area contributed by atoms with Gasteiger partial charge in [0, 0.05) is 42.1 Å². The minimum atomic E-state index is -4.93. The normalized spacial score (nSPS) is 28.0. The number of morpholine rings is 1. The first-order chi connectivity index (χ1) is 32.5. The first-order valence-corrected chi connectivity index (χ1v) is 25.0. The summed E-state index contributed by atoms with van der Waals surface area (Å²) in [6.45, 7) is 9.11. The lowest BCUT2D eigenvalue weighted by atomic mass is 9.88. The summed E-state index contributed by atoms with van der Waals surface area (Å²) in [5.41, 5.74) is -2.21. The van der Waals surface area contributed by atoms with Crippen LogP contribution in [0.1, 0.15) is 79.6 Å². The maximum absolute atomic E-state index is 15.1. The minimum absolute atomic E-state index is 0.0581. The van der Waals surface area contributed by atoms with Crippen LogP contribution >= 0.6 is 0 Å². The van der Waals surface area contributed by atoms with Gasteiger partial charge < -0.3 is 39.4 Å². The summed E-state index contributed by atoms with van der Waals surface area (Å²) < 4.78 is 92.2. The molecule has 8 rings (SSSR count). The van der Waals surface area contributed by atoms with Crippen LogP contribution in [0, 0.1) is 17.8 Å². The van der Waals surface area contributed by atoms with E-state index in [4.69, 9.17) is 23.9 Å². The maximum atomic E-state index is 15.1. The third kappa shape index (κ3) is 10.5. The second kappa shape index (κ2) is 18.9. The fraction of sp³-hybridized carbons (Fsp3) is 0.571. The van der Waals surface area contributed by atoms with Crippen LogP contribution in [-0.2, 0) is 33.9 Å². The van der Waals surface area contributed by atoms with Crippen molar-refractivity contribution in [3.63, 3.8) is 0 Å². The third-order valence-corrected chi connectivity index (χ3v) is 16.5. The van der Waals surface area contributed by atoms with Gasteiger partial charge in [0.15, 0.2) is 0 Å². The van der Waals surface area contributed by atoms with Crippen LogP contribution in [0.15, 0.2) is 60.7 Å². The molecule has 374 valence electrons. The van der Waals surface area contributed by atoms with Crippen LogP contribution in [0.25, 0.3) is 22.0 Å². The molecule has 4 fully saturated rings. The molecule has 5 aliphatic rings. The number of benzene rings is 2. The molecular formula is C49H61F3N6O10S. The second-order valence-electron chi connectivity index (χ2n) is 20.0. The van der Waals surface area contributed by atoms with Gasteiger partial charge in [-0.3, -0.25) is 19.1 Å². The summed E-state index contributed by atoms with van der Waals surface area (Å²) in [6, 6.07) is 12.4. The molecule has 3 aromatic rings. The summed E-state index contributed by atoms with van der Waals surface area (Å²) in [6.07, 6.45) is -1.52. The highest BCUT2D eigenvalue weighted by molar-refractivity contribution is 7.91. The quantitative estimate of drug-likeness (QED) is 0.189. The smallest absolute Gasteiger partial charge is 0.427 e. The van der Waals surface area contributed by atoms with Crippen molar-refractivity contribution in [3.8, 4) is 22.9 Å². The number of alkyl carbamates (subject to hydrolysis) is 1. The molecule has 3 N–H and O–H groups in total. The molecule has 20 heteroatoms. The number of hydrogen-bond donors (Lipinski definition) is 3. The number of nitrogens with one attached hydrogen (secondary N) is 3. The van der Waals surface area contributed by atoms with Crippen molar-refractivity contribution in [1.82, 2.24) is 25.2 Å². The van der Waals surface area contributed by atoms with Gasteiger partial charge in [0.25, 0.3) is 5.91 Å². The standard InChI is InChI=1S/C49H61F3N6O10S/c1-29-9-7-8-10-33-27-48(33,44(61)56-69(63,64)47(5)17-18-47)55-41(59)39-26-36(28-58(39)43(60)40(30(2)23-29)54-45(62)68-46(3,4)49(50,51)52)67-42-37-16-15-35(65-6)24-32(37)25-38(53-42)31-11-13-34(14-12-31)57-19-21-66-22-20-57/h8,10-16,24-25,29-30,33,36,39-40H,7,9,17-23,26-28H2,1-6H3,(H,54,62)(H,55,59)(H,56,61)/b10-8-/t29-,30+,33?,36+,39-,40-,48+/m0/s1. The van der Waals surface area contributed by atoms with Crippen LogP contribution in [0.2, 0.25) is 0 Å². The van der Waals surface area contributed by atoms with Crippen molar-refractivity contribution in [2.24, 2.45) is 17.8 Å². The number of fused-ring (bicyclic) bond motifs is 3. The van der Waals surface area contributed by atoms with Crippen molar-refractivity contribution in [2.45, 2.75) is 120 Å². The Morgan fingerprint density at radius 3 is 2.38 bits per heavy atom. The van der Waals surface area contributed by atoms with Crippen molar-refractivity contribution in [1.29, 1.82) is 0 Å². The molecule has 2 aliphatic carbocycles. The van der Waals surface area contributed by atoms with E-state index in [-0.39, 0.29) is 31.2 Å². The summed E-state index contributed by atoms with van der Waals surface area (Å²) in [5, 5.41) is 6.57. The van der Waals surface area contributed by atoms with Crippen LogP contribution < -0.4 is 29.7 Å². The zero-order valence-electron chi connectivity index (χ0n) is 39.7. The molecule has 69 heavy (non-hydrogen) atoms. The third-order valence-electron chi connectivity index (χ3n) is 14.4. The number of sulfonamides is 1. The number of methoxy groups -OCH3 is 1. The molecular weight excluding hydrogens is 922 g/mol. The van der Waals surface area contributed by atoms with Gasteiger partial charge in [-0.15, -0.1) is 0 Å². The van der Waals surface area contributed by atoms with E-state index in [0.29, 0.717) is 76.0 Å². The van der Waals surface area contributed by atoms with Crippen LogP contribution in [0.3, 0.4) is 0 Å².